The van der Waals surface area contributed by atoms with Gasteiger partial charge in [-0.25, -0.2) is 0 Å². The summed E-state index contributed by atoms with van der Waals surface area (Å²) in [5.74, 6) is 0.661. The molecule has 1 unspecified atom stereocenters. The number of ether oxygens (including phenoxy) is 1. The van der Waals surface area contributed by atoms with E-state index < -0.39 is 5.54 Å². The van der Waals surface area contributed by atoms with Gasteiger partial charge in [0.25, 0.3) is 0 Å². The van der Waals surface area contributed by atoms with Gasteiger partial charge in [0.05, 0.1) is 12.1 Å². The fraction of sp³-hybridized carbons (Fsp3) is 0.917. The zero-order valence-electron chi connectivity index (χ0n) is 10.1. The Morgan fingerprint density at radius 1 is 1.56 bits per heavy atom. The van der Waals surface area contributed by atoms with Crippen LogP contribution < -0.4 is 5.73 Å². The minimum Gasteiger partial charge on any atom is -0.381 e. The Bertz CT molecular complexity index is 264. The molecule has 1 aliphatic heterocycles. The van der Waals surface area contributed by atoms with Gasteiger partial charge >= 0.3 is 0 Å². The van der Waals surface area contributed by atoms with E-state index in [4.69, 9.17) is 10.5 Å². The molecule has 0 aromatic heterocycles. The lowest BCUT2D eigenvalue weighted by Crippen LogP contribution is -2.50. The van der Waals surface area contributed by atoms with Gasteiger partial charge in [0.15, 0.2) is 0 Å². The summed E-state index contributed by atoms with van der Waals surface area (Å²) in [5.41, 5.74) is 5.44. The van der Waals surface area contributed by atoms with Crippen LogP contribution in [0.2, 0.25) is 0 Å². The van der Waals surface area contributed by atoms with Gasteiger partial charge < -0.3 is 15.4 Å². The van der Waals surface area contributed by atoms with E-state index in [1.54, 1.807) is 0 Å². The average molecular weight is 226 g/mol. The first-order valence-corrected chi connectivity index (χ1v) is 6.32. The summed E-state index contributed by atoms with van der Waals surface area (Å²) in [6.45, 7) is 5.24. The van der Waals surface area contributed by atoms with Crippen molar-refractivity contribution in [2.24, 2.45) is 11.7 Å². The second-order valence-electron chi connectivity index (χ2n) is 5.08. The van der Waals surface area contributed by atoms with Crippen molar-refractivity contribution < 1.29 is 9.53 Å². The number of nitrogens with two attached hydrogens (primary N) is 1. The Labute approximate surface area is 97.1 Å². The third-order valence-corrected chi connectivity index (χ3v) is 3.58. The monoisotopic (exact) mass is 226 g/mol. The van der Waals surface area contributed by atoms with Crippen molar-refractivity contribution >= 4 is 5.91 Å². The third kappa shape index (κ3) is 2.55. The smallest absolute Gasteiger partial charge is 0.242 e. The molecule has 1 saturated carbocycles. The molecule has 1 aliphatic carbocycles. The molecule has 2 fully saturated rings. The first-order valence-electron chi connectivity index (χ1n) is 6.32. The van der Waals surface area contributed by atoms with Gasteiger partial charge in [-0.15, -0.1) is 0 Å². The molecule has 0 spiro atoms. The van der Waals surface area contributed by atoms with Crippen LogP contribution in [0.5, 0.6) is 0 Å². The van der Waals surface area contributed by atoms with E-state index in [0.717, 1.165) is 45.6 Å². The average Bonchev–Trinajstić information content (AvgIpc) is 3.05. The molecule has 16 heavy (non-hydrogen) atoms. The van der Waals surface area contributed by atoms with Crippen molar-refractivity contribution in [3.8, 4) is 0 Å². The Morgan fingerprint density at radius 2 is 2.31 bits per heavy atom. The fourth-order valence-electron chi connectivity index (χ4n) is 2.33. The summed E-state index contributed by atoms with van der Waals surface area (Å²) in [5, 5.41) is 0. The van der Waals surface area contributed by atoms with Gasteiger partial charge in [-0.3, -0.25) is 4.79 Å². The quantitative estimate of drug-likeness (QED) is 0.769. The Hall–Kier alpha value is -0.610. The van der Waals surface area contributed by atoms with Crippen LogP contribution in [0.25, 0.3) is 0 Å². The number of likely N-dealkylation sites (tertiary alicyclic amines) is 1. The van der Waals surface area contributed by atoms with Crippen molar-refractivity contribution in [1.82, 2.24) is 4.90 Å². The summed E-state index contributed by atoms with van der Waals surface area (Å²) in [6.07, 6.45) is 3.97. The van der Waals surface area contributed by atoms with Crippen LogP contribution in [0.4, 0.5) is 0 Å². The molecule has 1 amide bonds. The van der Waals surface area contributed by atoms with Gasteiger partial charge in [0, 0.05) is 19.7 Å². The molecule has 92 valence electrons. The number of carbonyl (C=O) groups excluding carboxylic acids is 1. The van der Waals surface area contributed by atoms with Gasteiger partial charge in [0.2, 0.25) is 5.91 Å². The molecule has 4 heteroatoms. The zero-order chi connectivity index (χ0) is 11.6. The van der Waals surface area contributed by atoms with Crippen molar-refractivity contribution in [2.45, 2.75) is 38.1 Å². The molecule has 4 nitrogen and oxygen atoms in total. The second-order valence-corrected chi connectivity index (χ2v) is 5.08. The van der Waals surface area contributed by atoms with Crippen LogP contribution in [0, 0.1) is 5.92 Å². The maximum Gasteiger partial charge on any atom is 0.242 e. The first-order chi connectivity index (χ1) is 7.65. The van der Waals surface area contributed by atoms with E-state index in [2.05, 4.69) is 0 Å². The van der Waals surface area contributed by atoms with Crippen molar-refractivity contribution in [3.63, 3.8) is 0 Å². The molecule has 0 radical (unpaired) electrons. The maximum absolute atomic E-state index is 12.1. The van der Waals surface area contributed by atoms with E-state index in [1.165, 1.54) is 6.42 Å². The number of nitrogens with zero attached hydrogens (tertiary/aromatic N) is 1. The number of rotatable bonds is 4. The highest BCUT2D eigenvalue weighted by Gasteiger charge is 2.48. The van der Waals surface area contributed by atoms with Crippen molar-refractivity contribution in [2.75, 3.05) is 26.3 Å². The van der Waals surface area contributed by atoms with Gasteiger partial charge in [-0.2, -0.15) is 0 Å². The normalized spacial score (nSPS) is 27.9. The SMILES string of the molecule is CCOCC1CCCN(C(=O)C2(N)CC2)C1. The lowest BCUT2D eigenvalue weighted by molar-refractivity contribution is -0.135. The number of hydrogen-bond acceptors (Lipinski definition) is 3. The highest BCUT2D eigenvalue weighted by atomic mass is 16.5. The molecule has 2 aliphatic rings. The fourth-order valence-corrected chi connectivity index (χ4v) is 2.33. The maximum atomic E-state index is 12.1. The summed E-state index contributed by atoms with van der Waals surface area (Å²) >= 11 is 0. The molecular formula is C12H22N2O2. The minimum atomic E-state index is -0.506. The second kappa shape index (κ2) is 4.72. The Kier molecular flexibility index (Phi) is 3.50. The summed E-state index contributed by atoms with van der Waals surface area (Å²) < 4.78 is 5.43. The molecular weight excluding hydrogens is 204 g/mol. The highest BCUT2D eigenvalue weighted by Crippen LogP contribution is 2.35. The standard InChI is InChI=1S/C12H22N2O2/c1-2-16-9-10-4-3-7-14(8-10)11(15)12(13)5-6-12/h10H,2-9,13H2,1H3. The summed E-state index contributed by atoms with van der Waals surface area (Å²) in [6, 6.07) is 0. The van der Waals surface area contributed by atoms with Gasteiger partial charge in [-0.1, -0.05) is 0 Å². The predicted octanol–water partition coefficient (Wildman–Crippen LogP) is 0.753. The molecule has 0 aromatic rings. The van der Waals surface area contributed by atoms with Crippen LogP contribution >= 0.6 is 0 Å². The number of carbonyl (C=O) groups is 1. The highest BCUT2D eigenvalue weighted by molar-refractivity contribution is 5.89. The van der Waals surface area contributed by atoms with E-state index in [1.807, 2.05) is 11.8 Å². The zero-order valence-corrected chi connectivity index (χ0v) is 10.1. The summed E-state index contributed by atoms with van der Waals surface area (Å²) in [4.78, 5) is 14.0. The van der Waals surface area contributed by atoms with Gasteiger partial charge in [-0.05, 0) is 38.5 Å². The molecule has 0 bridgehead atoms. The topological polar surface area (TPSA) is 55.6 Å². The first kappa shape index (κ1) is 11.9. The van der Waals surface area contributed by atoms with E-state index in [0.29, 0.717) is 5.92 Å². The van der Waals surface area contributed by atoms with Crippen LogP contribution in [0.1, 0.15) is 32.6 Å². The molecule has 2 N–H and O–H groups in total. The minimum absolute atomic E-state index is 0.161. The molecule has 0 aromatic carbocycles. The van der Waals surface area contributed by atoms with Crippen LogP contribution in [0.15, 0.2) is 0 Å². The van der Waals surface area contributed by atoms with E-state index in [9.17, 15) is 4.79 Å². The van der Waals surface area contributed by atoms with Crippen LogP contribution in [-0.4, -0.2) is 42.6 Å². The summed E-state index contributed by atoms with van der Waals surface area (Å²) in [7, 11) is 0. The van der Waals surface area contributed by atoms with Crippen molar-refractivity contribution in [3.05, 3.63) is 0 Å². The van der Waals surface area contributed by atoms with Crippen molar-refractivity contribution in [1.29, 1.82) is 0 Å². The number of amides is 1. The number of hydrogen-bond donors (Lipinski definition) is 1. The molecule has 1 saturated heterocycles. The van der Waals surface area contributed by atoms with Crippen LogP contribution in [-0.2, 0) is 9.53 Å². The van der Waals surface area contributed by atoms with Crippen LogP contribution in [0.3, 0.4) is 0 Å². The van der Waals surface area contributed by atoms with E-state index >= 15 is 0 Å². The lowest BCUT2D eigenvalue weighted by Gasteiger charge is -2.34. The lowest BCUT2D eigenvalue weighted by atomic mass is 9.98. The largest absolute Gasteiger partial charge is 0.381 e. The molecule has 2 rings (SSSR count). The number of piperidine rings is 1. The predicted molar refractivity (Wildman–Crippen MR) is 61.9 cm³/mol. The van der Waals surface area contributed by atoms with E-state index in [-0.39, 0.29) is 5.91 Å². The Balaban J connectivity index is 1.84. The Morgan fingerprint density at radius 3 is 2.94 bits per heavy atom. The van der Waals surface area contributed by atoms with Gasteiger partial charge in [0.1, 0.15) is 0 Å². The molecule has 1 atom stereocenters. The third-order valence-electron chi connectivity index (χ3n) is 3.58. The molecule has 1 heterocycles.